The molecule has 0 saturated heterocycles. The molecule has 0 aliphatic heterocycles. The summed E-state index contributed by atoms with van der Waals surface area (Å²) in [6.07, 6.45) is 0.906. The monoisotopic (exact) mass is 301 g/mol. The number of hydrogen-bond donors (Lipinski definition) is 0. The maximum absolute atomic E-state index is 12.0. The van der Waals surface area contributed by atoms with Gasteiger partial charge in [-0.15, -0.1) is 0 Å². The number of non-ortho nitro benzene ring substituents is 1. The molecule has 0 aliphatic carbocycles. The molecule has 22 heavy (non-hydrogen) atoms. The first kappa shape index (κ1) is 15.5. The van der Waals surface area contributed by atoms with Crippen LogP contribution in [-0.2, 0) is 0 Å². The minimum absolute atomic E-state index is 0.125. The summed E-state index contributed by atoms with van der Waals surface area (Å²) in [5, 5.41) is 10.7. The normalized spacial score (nSPS) is 10.0. The third kappa shape index (κ3) is 4.05. The number of rotatable bonds is 6. The van der Waals surface area contributed by atoms with Crippen LogP contribution in [-0.4, -0.2) is 17.5 Å². The Morgan fingerprint density at radius 1 is 1.14 bits per heavy atom. The Labute approximate surface area is 127 Å². The summed E-state index contributed by atoms with van der Waals surface area (Å²) >= 11 is 0. The zero-order chi connectivity index (χ0) is 15.9. The molecule has 0 aliphatic rings. The highest BCUT2D eigenvalue weighted by molar-refractivity contribution is 5.91. The Morgan fingerprint density at radius 3 is 2.45 bits per heavy atom. The van der Waals surface area contributed by atoms with Gasteiger partial charge < -0.3 is 9.47 Å². The molecule has 2 rings (SSSR count). The molecule has 0 fully saturated rings. The number of nitro groups is 1. The van der Waals surface area contributed by atoms with Gasteiger partial charge in [-0.3, -0.25) is 10.1 Å². The summed E-state index contributed by atoms with van der Waals surface area (Å²) in [6.45, 7) is 2.63. The molecule has 0 bridgehead atoms. The number of nitrogens with zero attached hydrogens (tertiary/aromatic N) is 1. The lowest BCUT2D eigenvalue weighted by atomic mass is 10.2. The van der Waals surface area contributed by atoms with Crippen LogP contribution in [0.3, 0.4) is 0 Å². The molecule has 0 unspecified atom stereocenters. The second-order valence-corrected chi connectivity index (χ2v) is 4.52. The Kier molecular flexibility index (Phi) is 5.08. The standard InChI is InChI=1S/C16H15NO5/c1-2-10-21-14-6-8-15(9-7-14)22-16(18)12-4-3-5-13(11-12)17(19)20/h3-9,11H,2,10H2,1H3. The molecule has 0 heterocycles. The highest BCUT2D eigenvalue weighted by Gasteiger charge is 2.13. The fourth-order valence-corrected chi connectivity index (χ4v) is 1.74. The van der Waals surface area contributed by atoms with E-state index in [0.29, 0.717) is 18.1 Å². The van der Waals surface area contributed by atoms with Crippen molar-refractivity contribution in [2.24, 2.45) is 0 Å². The number of carbonyl (C=O) groups is 1. The van der Waals surface area contributed by atoms with E-state index in [0.717, 1.165) is 6.42 Å². The lowest BCUT2D eigenvalue weighted by Gasteiger charge is -2.07. The first-order valence-electron chi connectivity index (χ1n) is 6.79. The molecule has 0 amide bonds. The van der Waals surface area contributed by atoms with Crippen LogP contribution in [0.5, 0.6) is 11.5 Å². The fraction of sp³-hybridized carbons (Fsp3) is 0.188. The maximum atomic E-state index is 12.0. The van der Waals surface area contributed by atoms with Gasteiger partial charge in [0.2, 0.25) is 0 Å². The minimum Gasteiger partial charge on any atom is -0.494 e. The Balaban J connectivity index is 2.05. The van der Waals surface area contributed by atoms with E-state index in [1.807, 2.05) is 6.92 Å². The Hall–Kier alpha value is -2.89. The van der Waals surface area contributed by atoms with Crippen molar-refractivity contribution in [3.05, 3.63) is 64.2 Å². The van der Waals surface area contributed by atoms with Crippen LogP contribution in [0.1, 0.15) is 23.7 Å². The van der Waals surface area contributed by atoms with Crippen LogP contribution in [0.25, 0.3) is 0 Å². The van der Waals surface area contributed by atoms with Gasteiger partial charge in [-0.05, 0) is 36.8 Å². The number of nitro benzene ring substituents is 1. The third-order valence-corrected chi connectivity index (χ3v) is 2.80. The van der Waals surface area contributed by atoms with E-state index in [1.165, 1.54) is 24.3 Å². The highest BCUT2D eigenvalue weighted by Crippen LogP contribution is 2.20. The van der Waals surface area contributed by atoms with E-state index in [1.54, 1.807) is 24.3 Å². The number of benzene rings is 2. The minimum atomic E-state index is -0.647. The zero-order valence-electron chi connectivity index (χ0n) is 12.0. The molecule has 2 aromatic rings. The molecule has 2 aromatic carbocycles. The van der Waals surface area contributed by atoms with Gasteiger partial charge in [0.15, 0.2) is 0 Å². The molecular formula is C16H15NO5. The number of ether oxygens (including phenoxy) is 2. The van der Waals surface area contributed by atoms with E-state index in [-0.39, 0.29) is 11.3 Å². The Morgan fingerprint density at radius 2 is 1.82 bits per heavy atom. The summed E-state index contributed by atoms with van der Waals surface area (Å²) in [5.41, 5.74) is -0.0294. The van der Waals surface area contributed by atoms with Crippen LogP contribution >= 0.6 is 0 Å². The number of esters is 1. The predicted octanol–water partition coefficient (Wildman–Crippen LogP) is 3.60. The molecule has 0 saturated carbocycles. The SMILES string of the molecule is CCCOc1ccc(OC(=O)c2cccc([N+](=O)[O-])c2)cc1. The summed E-state index contributed by atoms with van der Waals surface area (Å²) in [7, 11) is 0. The van der Waals surface area contributed by atoms with E-state index in [9.17, 15) is 14.9 Å². The molecule has 0 atom stereocenters. The van der Waals surface area contributed by atoms with Gasteiger partial charge in [-0.25, -0.2) is 4.79 Å². The summed E-state index contributed by atoms with van der Waals surface area (Å²) < 4.78 is 10.6. The molecule has 0 N–H and O–H groups in total. The topological polar surface area (TPSA) is 78.7 Å². The largest absolute Gasteiger partial charge is 0.494 e. The lowest BCUT2D eigenvalue weighted by molar-refractivity contribution is -0.384. The molecule has 0 spiro atoms. The third-order valence-electron chi connectivity index (χ3n) is 2.80. The molecule has 6 nitrogen and oxygen atoms in total. The van der Waals surface area contributed by atoms with Crippen molar-refractivity contribution >= 4 is 11.7 Å². The van der Waals surface area contributed by atoms with Gasteiger partial charge in [0, 0.05) is 12.1 Å². The predicted molar refractivity (Wildman–Crippen MR) is 80.3 cm³/mol. The molecule has 6 heteroatoms. The van der Waals surface area contributed by atoms with Crippen LogP contribution in [0.2, 0.25) is 0 Å². The van der Waals surface area contributed by atoms with E-state index >= 15 is 0 Å². The van der Waals surface area contributed by atoms with Gasteiger partial charge in [-0.2, -0.15) is 0 Å². The molecule has 114 valence electrons. The van der Waals surface area contributed by atoms with E-state index < -0.39 is 10.9 Å². The van der Waals surface area contributed by atoms with Gasteiger partial charge in [-0.1, -0.05) is 13.0 Å². The van der Waals surface area contributed by atoms with Crippen molar-refractivity contribution in [1.82, 2.24) is 0 Å². The smallest absolute Gasteiger partial charge is 0.343 e. The van der Waals surface area contributed by atoms with Crippen molar-refractivity contribution in [1.29, 1.82) is 0 Å². The van der Waals surface area contributed by atoms with Crippen molar-refractivity contribution in [3.63, 3.8) is 0 Å². The van der Waals surface area contributed by atoms with Gasteiger partial charge in [0.05, 0.1) is 17.1 Å². The summed E-state index contributed by atoms with van der Waals surface area (Å²) in [5.74, 6) is 0.392. The van der Waals surface area contributed by atoms with Crippen LogP contribution in [0, 0.1) is 10.1 Å². The fourth-order valence-electron chi connectivity index (χ4n) is 1.74. The molecular weight excluding hydrogens is 286 g/mol. The first-order chi connectivity index (χ1) is 10.6. The lowest BCUT2D eigenvalue weighted by Crippen LogP contribution is -2.08. The van der Waals surface area contributed by atoms with Gasteiger partial charge in [0.1, 0.15) is 11.5 Å². The molecule has 0 radical (unpaired) electrons. The van der Waals surface area contributed by atoms with Gasteiger partial charge >= 0.3 is 5.97 Å². The summed E-state index contributed by atoms with van der Waals surface area (Å²) in [6, 6.07) is 12.0. The number of carbonyl (C=O) groups excluding carboxylic acids is 1. The van der Waals surface area contributed by atoms with E-state index in [2.05, 4.69) is 0 Å². The van der Waals surface area contributed by atoms with Crippen LogP contribution in [0.4, 0.5) is 5.69 Å². The second-order valence-electron chi connectivity index (χ2n) is 4.52. The highest BCUT2D eigenvalue weighted by atomic mass is 16.6. The van der Waals surface area contributed by atoms with Crippen molar-refractivity contribution in [2.45, 2.75) is 13.3 Å². The van der Waals surface area contributed by atoms with Gasteiger partial charge in [0.25, 0.3) is 5.69 Å². The first-order valence-corrected chi connectivity index (χ1v) is 6.79. The van der Waals surface area contributed by atoms with Crippen molar-refractivity contribution < 1.29 is 19.2 Å². The zero-order valence-corrected chi connectivity index (χ0v) is 12.0. The number of hydrogen-bond acceptors (Lipinski definition) is 5. The second kappa shape index (κ2) is 7.21. The Bertz CT molecular complexity index is 666. The molecule has 0 aromatic heterocycles. The maximum Gasteiger partial charge on any atom is 0.343 e. The van der Waals surface area contributed by atoms with Crippen LogP contribution in [0.15, 0.2) is 48.5 Å². The van der Waals surface area contributed by atoms with Crippen LogP contribution < -0.4 is 9.47 Å². The van der Waals surface area contributed by atoms with Crippen molar-refractivity contribution in [2.75, 3.05) is 6.61 Å². The summed E-state index contributed by atoms with van der Waals surface area (Å²) in [4.78, 5) is 22.1. The quantitative estimate of drug-likeness (QED) is 0.352. The average Bonchev–Trinajstić information content (AvgIpc) is 2.54. The van der Waals surface area contributed by atoms with E-state index in [4.69, 9.17) is 9.47 Å². The van der Waals surface area contributed by atoms with Crippen molar-refractivity contribution in [3.8, 4) is 11.5 Å². The average molecular weight is 301 g/mol.